The summed E-state index contributed by atoms with van der Waals surface area (Å²) in [6.45, 7) is 0.765. The third-order valence-electron chi connectivity index (χ3n) is 4.08. The number of aromatic nitrogens is 1. The fourth-order valence-corrected chi connectivity index (χ4v) is 3.28. The number of fused-ring (bicyclic) bond motifs is 1. The Morgan fingerprint density at radius 3 is 2.93 bits per heavy atom. The third kappa shape index (κ3) is 1.01. The SMILES string of the molecule is NCC1c2c[nH]c(Cl)c2CCC12CC2. The van der Waals surface area contributed by atoms with Gasteiger partial charge in [0.05, 0.1) is 0 Å². The molecule has 1 atom stereocenters. The van der Waals surface area contributed by atoms with Crippen LogP contribution in [0.25, 0.3) is 0 Å². The number of H-pyrrole nitrogens is 1. The molecule has 1 spiro atoms. The first kappa shape index (κ1) is 8.81. The van der Waals surface area contributed by atoms with Crippen LogP contribution in [0.2, 0.25) is 5.15 Å². The first-order valence-electron chi connectivity index (χ1n) is 5.32. The van der Waals surface area contributed by atoms with Gasteiger partial charge in [0.2, 0.25) is 0 Å². The van der Waals surface area contributed by atoms with E-state index in [4.69, 9.17) is 17.3 Å². The highest BCUT2D eigenvalue weighted by Gasteiger charge is 2.51. The average molecular weight is 211 g/mol. The van der Waals surface area contributed by atoms with Gasteiger partial charge in [0.1, 0.15) is 5.15 Å². The van der Waals surface area contributed by atoms with Gasteiger partial charge in [-0.3, -0.25) is 0 Å². The summed E-state index contributed by atoms with van der Waals surface area (Å²) in [7, 11) is 0. The summed E-state index contributed by atoms with van der Waals surface area (Å²) in [5.41, 5.74) is 9.14. The normalized spacial score (nSPS) is 27.7. The molecule has 2 nitrogen and oxygen atoms in total. The molecule has 0 radical (unpaired) electrons. The van der Waals surface area contributed by atoms with Crippen molar-refractivity contribution in [3.63, 3.8) is 0 Å². The molecule has 2 aliphatic carbocycles. The average Bonchev–Trinajstić information content (AvgIpc) is 2.85. The summed E-state index contributed by atoms with van der Waals surface area (Å²) in [6, 6.07) is 0. The Labute approximate surface area is 88.8 Å². The van der Waals surface area contributed by atoms with E-state index in [1.165, 1.54) is 30.4 Å². The maximum absolute atomic E-state index is 6.10. The van der Waals surface area contributed by atoms with Crippen molar-refractivity contribution in [2.45, 2.75) is 31.6 Å². The Morgan fingerprint density at radius 2 is 2.29 bits per heavy atom. The van der Waals surface area contributed by atoms with Crippen LogP contribution < -0.4 is 5.73 Å². The first-order valence-corrected chi connectivity index (χ1v) is 5.70. The molecule has 0 aliphatic heterocycles. The molecule has 3 heteroatoms. The maximum Gasteiger partial charge on any atom is 0.109 e. The number of nitrogens with two attached hydrogens (primary N) is 1. The summed E-state index contributed by atoms with van der Waals surface area (Å²) in [5, 5.41) is 0.828. The molecule has 2 aliphatic rings. The molecule has 3 N–H and O–H groups in total. The van der Waals surface area contributed by atoms with E-state index in [1.807, 2.05) is 0 Å². The lowest BCUT2D eigenvalue weighted by atomic mass is 9.74. The van der Waals surface area contributed by atoms with Crippen LogP contribution in [-0.2, 0) is 6.42 Å². The van der Waals surface area contributed by atoms with Crippen LogP contribution in [0, 0.1) is 5.41 Å². The van der Waals surface area contributed by atoms with Gasteiger partial charge in [-0.05, 0) is 48.8 Å². The molecule has 1 aromatic rings. The molecule has 1 fully saturated rings. The monoisotopic (exact) mass is 210 g/mol. The van der Waals surface area contributed by atoms with Crippen LogP contribution in [-0.4, -0.2) is 11.5 Å². The molecule has 0 aromatic carbocycles. The molecular weight excluding hydrogens is 196 g/mol. The van der Waals surface area contributed by atoms with Crippen LogP contribution in [0.5, 0.6) is 0 Å². The van der Waals surface area contributed by atoms with Gasteiger partial charge in [0.15, 0.2) is 0 Å². The van der Waals surface area contributed by atoms with Crippen molar-refractivity contribution in [1.29, 1.82) is 0 Å². The third-order valence-corrected chi connectivity index (χ3v) is 4.42. The Bertz CT molecular complexity index is 365. The molecule has 0 amide bonds. The highest BCUT2D eigenvalue weighted by molar-refractivity contribution is 6.30. The summed E-state index contributed by atoms with van der Waals surface area (Å²) >= 11 is 6.10. The maximum atomic E-state index is 6.10. The summed E-state index contributed by atoms with van der Waals surface area (Å²) < 4.78 is 0. The zero-order valence-electron chi connectivity index (χ0n) is 8.15. The summed E-state index contributed by atoms with van der Waals surface area (Å²) in [5.74, 6) is 0.551. The minimum atomic E-state index is 0.549. The van der Waals surface area contributed by atoms with Crippen LogP contribution in [0.3, 0.4) is 0 Å². The number of hydrogen-bond acceptors (Lipinski definition) is 1. The fourth-order valence-electron chi connectivity index (χ4n) is 3.02. The van der Waals surface area contributed by atoms with Gasteiger partial charge < -0.3 is 10.7 Å². The zero-order valence-corrected chi connectivity index (χ0v) is 8.90. The lowest BCUT2D eigenvalue weighted by Crippen LogP contribution is -2.27. The van der Waals surface area contributed by atoms with Crippen LogP contribution in [0.4, 0.5) is 0 Å². The molecule has 76 valence electrons. The van der Waals surface area contributed by atoms with Gasteiger partial charge >= 0.3 is 0 Å². The second kappa shape index (κ2) is 2.77. The fraction of sp³-hybridized carbons (Fsp3) is 0.636. The largest absolute Gasteiger partial charge is 0.352 e. The molecule has 3 rings (SSSR count). The molecule has 0 saturated heterocycles. The molecule has 1 unspecified atom stereocenters. The van der Waals surface area contributed by atoms with Crippen LogP contribution in [0.1, 0.15) is 36.3 Å². The zero-order chi connectivity index (χ0) is 9.76. The Hall–Kier alpha value is -0.470. The predicted octanol–water partition coefficient (Wildman–Crippen LogP) is 2.44. The van der Waals surface area contributed by atoms with Crippen LogP contribution in [0.15, 0.2) is 6.20 Å². The molecule has 1 heterocycles. The topological polar surface area (TPSA) is 41.8 Å². The van der Waals surface area contributed by atoms with Gasteiger partial charge in [-0.1, -0.05) is 11.6 Å². The number of hydrogen-bond donors (Lipinski definition) is 2. The van der Waals surface area contributed by atoms with E-state index in [0.29, 0.717) is 11.3 Å². The van der Waals surface area contributed by atoms with Gasteiger partial charge in [0.25, 0.3) is 0 Å². The Morgan fingerprint density at radius 1 is 1.50 bits per heavy atom. The van der Waals surface area contributed by atoms with E-state index in [2.05, 4.69) is 11.2 Å². The van der Waals surface area contributed by atoms with Crippen LogP contribution >= 0.6 is 11.6 Å². The standard InChI is InChI=1S/C11H15ClN2/c12-10-7-1-2-11(3-4-11)9(5-13)8(7)6-14-10/h6,9,14H,1-5,13H2. The first-order chi connectivity index (χ1) is 6.77. The summed E-state index contributed by atoms with van der Waals surface area (Å²) in [6.07, 6.45) is 7.19. The highest BCUT2D eigenvalue weighted by Crippen LogP contribution is 2.61. The van der Waals surface area contributed by atoms with Gasteiger partial charge in [-0.25, -0.2) is 0 Å². The van der Waals surface area contributed by atoms with Crippen molar-refractivity contribution in [2.24, 2.45) is 11.1 Å². The second-order valence-electron chi connectivity index (χ2n) is 4.69. The Kier molecular flexibility index (Phi) is 1.74. The lowest BCUT2D eigenvalue weighted by Gasteiger charge is -2.31. The van der Waals surface area contributed by atoms with Gasteiger partial charge in [-0.2, -0.15) is 0 Å². The van der Waals surface area contributed by atoms with E-state index >= 15 is 0 Å². The number of aromatic amines is 1. The smallest absolute Gasteiger partial charge is 0.109 e. The number of halogens is 1. The highest BCUT2D eigenvalue weighted by atomic mass is 35.5. The van der Waals surface area contributed by atoms with Gasteiger partial charge in [0, 0.05) is 12.1 Å². The number of nitrogens with one attached hydrogen (secondary N) is 1. The Balaban J connectivity index is 2.07. The van der Waals surface area contributed by atoms with E-state index in [9.17, 15) is 0 Å². The lowest BCUT2D eigenvalue weighted by molar-refractivity contribution is 0.354. The molecular formula is C11H15ClN2. The minimum Gasteiger partial charge on any atom is -0.352 e. The van der Waals surface area contributed by atoms with Crippen molar-refractivity contribution in [2.75, 3.05) is 6.54 Å². The molecule has 1 saturated carbocycles. The van der Waals surface area contributed by atoms with Crippen molar-refractivity contribution in [3.05, 3.63) is 22.5 Å². The van der Waals surface area contributed by atoms with E-state index < -0.39 is 0 Å². The van der Waals surface area contributed by atoms with Crippen molar-refractivity contribution in [3.8, 4) is 0 Å². The van der Waals surface area contributed by atoms with E-state index in [1.54, 1.807) is 0 Å². The van der Waals surface area contributed by atoms with Crippen molar-refractivity contribution < 1.29 is 0 Å². The number of rotatable bonds is 1. The van der Waals surface area contributed by atoms with Crippen molar-refractivity contribution >= 4 is 11.6 Å². The molecule has 1 aromatic heterocycles. The summed E-state index contributed by atoms with van der Waals surface area (Å²) in [4.78, 5) is 3.12. The predicted molar refractivity (Wildman–Crippen MR) is 57.6 cm³/mol. The van der Waals surface area contributed by atoms with E-state index in [0.717, 1.165) is 18.1 Å². The molecule has 14 heavy (non-hydrogen) atoms. The quantitative estimate of drug-likeness (QED) is 0.735. The minimum absolute atomic E-state index is 0.549. The second-order valence-corrected chi connectivity index (χ2v) is 5.07. The van der Waals surface area contributed by atoms with E-state index in [-0.39, 0.29) is 0 Å². The van der Waals surface area contributed by atoms with Crippen molar-refractivity contribution in [1.82, 2.24) is 4.98 Å². The molecule has 0 bridgehead atoms. The van der Waals surface area contributed by atoms with Gasteiger partial charge in [-0.15, -0.1) is 0 Å².